The van der Waals surface area contributed by atoms with E-state index >= 15 is 0 Å². The van der Waals surface area contributed by atoms with E-state index < -0.39 is 17.6 Å². The van der Waals surface area contributed by atoms with Gasteiger partial charge in [-0.05, 0) is 22.9 Å². The number of halogens is 1. The third-order valence-electron chi connectivity index (χ3n) is 4.22. The fourth-order valence-electron chi connectivity index (χ4n) is 2.78. The van der Waals surface area contributed by atoms with Crippen LogP contribution in [0.25, 0.3) is 10.2 Å². The van der Waals surface area contributed by atoms with Gasteiger partial charge in [0.2, 0.25) is 5.91 Å². The fourth-order valence-corrected chi connectivity index (χ4v) is 3.93. The van der Waals surface area contributed by atoms with Crippen molar-refractivity contribution in [2.45, 2.75) is 19.2 Å². The van der Waals surface area contributed by atoms with Crippen LogP contribution in [0.15, 0.2) is 45.2 Å². The van der Waals surface area contributed by atoms with Crippen LogP contribution in [0.1, 0.15) is 27.8 Å². The molecule has 3 aromatic heterocycles. The molecule has 3 N–H and O–H groups in total. The molecule has 0 aliphatic rings. The summed E-state index contributed by atoms with van der Waals surface area (Å²) < 4.78 is 2.20. The topological polar surface area (TPSA) is 142 Å². The summed E-state index contributed by atoms with van der Waals surface area (Å²) in [6, 6.07) is 7.26. The van der Waals surface area contributed by atoms with Gasteiger partial charge in [0.25, 0.3) is 5.56 Å². The maximum Gasteiger partial charge on any atom is 0.263 e. The number of aliphatic hydroxyl groups excluding tert-OH is 1. The molecular weight excluding hydrogens is 462 g/mol. The van der Waals surface area contributed by atoms with Gasteiger partial charge in [-0.2, -0.15) is 4.80 Å². The lowest BCUT2D eigenvalue weighted by molar-refractivity contribution is 0.100. The summed E-state index contributed by atoms with van der Waals surface area (Å²) in [5.74, 6) is -0.411. The van der Waals surface area contributed by atoms with Gasteiger partial charge in [-0.25, -0.2) is 4.98 Å². The molecule has 1 atom stereocenters. The Balaban J connectivity index is 1.54. The maximum atomic E-state index is 12.7. The van der Waals surface area contributed by atoms with Crippen LogP contribution in [0.4, 0.5) is 0 Å². The molecule has 0 aliphatic carbocycles. The van der Waals surface area contributed by atoms with Crippen LogP contribution in [0.3, 0.4) is 0 Å². The van der Waals surface area contributed by atoms with E-state index in [2.05, 4.69) is 36.3 Å². The number of primary amides is 1. The second kappa shape index (κ2) is 7.81. The van der Waals surface area contributed by atoms with Gasteiger partial charge in [-0.3, -0.25) is 14.2 Å². The molecular formula is C17H14BrN7O3S. The molecule has 0 aliphatic heterocycles. The highest BCUT2D eigenvalue weighted by Gasteiger charge is 2.17. The first-order valence-corrected chi connectivity index (χ1v) is 10.1. The first-order valence-electron chi connectivity index (χ1n) is 8.39. The van der Waals surface area contributed by atoms with E-state index in [0.717, 1.165) is 4.47 Å². The second-order valence-electron chi connectivity index (χ2n) is 6.20. The van der Waals surface area contributed by atoms with Gasteiger partial charge in [-0.1, -0.05) is 28.1 Å². The van der Waals surface area contributed by atoms with Crippen LogP contribution in [0, 0.1) is 0 Å². The van der Waals surface area contributed by atoms with E-state index in [1.165, 1.54) is 32.4 Å². The van der Waals surface area contributed by atoms with Gasteiger partial charge >= 0.3 is 0 Å². The van der Waals surface area contributed by atoms with Gasteiger partial charge in [0.05, 0.1) is 30.4 Å². The van der Waals surface area contributed by atoms with Crippen molar-refractivity contribution in [2.24, 2.45) is 5.73 Å². The summed E-state index contributed by atoms with van der Waals surface area (Å²) in [6.07, 6.45) is 0.554. The number of carbonyl (C=O) groups is 1. The molecule has 12 heteroatoms. The van der Waals surface area contributed by atoms with E-state index in [9.17, 15) is 14.7 Å². The second-order valence-corrected chi connectivity index (χ2v) is 7.97. The molecule has 0 fully saturated rings. The van der Waals surface area contributed by atoms with Crippen molar-refractivity contribution < 1.29 is 9.90 Å². The van der Waals surface area contributed by atoms with Crippen molar-refractivity contribution in [3.8, 4) is 0 Å². The van der Waals surface area contributed by atoms with Crippen molar-refractivity contribution in [1.29, 1.82) is 0 Å². The molecule has 0 bridgehead atoms. The first-order chi connectivity index (χ1) is 13.9. The number of thiophene rings is 1. The molecule has 1 aromatic carbocycles. The van der Waals surface area contributed by atoms with Crippen LogP contribution in [-0.4, -0.2) is 40.8 Å². The fraction of sp³-hybridized carbons (Fsp3) is 0.176. The van der Waals surface area contributed by atoms with Crippen LogP contribution >= 0.6 is 27.3 Å². The Bertz CT molecular complexity index is 1250. The standard InChI is InChI=1S/C17H14BrN7O3S/c18-10-3-1-9(2-4-10)12(26)5-25-22-13(21-23-25)6-24-8-20-16-14(17(24)28)11(7-29-16)15(19)27/h1-4,7-8,12,26H,5-6H2,(H2,19,27)/t12-/m0/s1. The predicted octanol–water partition coefficient (Wildman–Crippen LogP) is 1.09. The molecule has 0 unspecified atom stereocenters. The number of amides is 1. The SMILES string of the molecule is NC(=O)c1csc2ncn(Cc3nnn(C[C@H](O)c4ccc(Br)cc4)n3)c(=O)c12. The number of rotatable bonds is 6. The average Bonchev–Trinajstić information content (AvgIpc) is 3.32. The molecule has 29 heavy (non-hydrogen) atoms. The Labute approximate surface area is 175 Å². The summed E-state index contributed by atoms with van der Waals surface area (Å²) in [5, 5.41) is 24.1. The molecule has 4 rings (SSSR count). The molecule has 0 radical (unpaired) electrons. The Kier molecular flexibility index (Phi) is 5.22. The normalized spacial score (nSPS) is 12.3. The Morgan fingerprint density at radius 2 is 2.07 bits per heavy atom. The number of fused-ring (bicyclic) bond motifs is 1. The van der Waals surface area contributed by atoms with Gasteiger partial charge < -0.3 is 10.8 Å². The zero-order valence-electron chi connectivity index (χ0n) is 14.8. The first kappa shape index (κ1) is 19.4. The van der Waals surface area contributed by atoms with E-state index in [1.807, 2.05) is 12.1 Å². The molecule has 0 saturated carbocycles. The minimum absolute atomic E-state index is 0.0181. The molecule has 10 nitrogen and oxygen atoms in total. The number of hydrogen-bond acceptors (Lipinski definition) is 8. The zero-order chi connectivity index (χ0) is 20.5. The van der Waals surface area contributed by atoms with Crippen LogP contribution in [0.5, 0.6) is 0 Å². The van der Waals surface area contributed by atoms with E-state index in [0.29, 0.717) is 10.4 Å². The summed E-state index contributed by atoms with van der Waals surface area (Å²) >= 11 is 4.52. The lowest BCUT2D eigenvalue weighted by Gasteiger charge is -2.09. The molecule has 0 spiro atoms. The van der Waals surface area contributed by atoms with Crippen molar-refractivity contribution >= 4 is 43.4 Å². The van der Waals surface area contributed by atoms with Crippen molar-refractivity contribution in [3.05, 3.63) is 67.8 Å². The van der Waals surface area contributed by atoms with E-state index in [1.54, 1.807) is 12.1 Å². The van der Waals surface area contributed by atoms with Gasteiger partial charge in [0, 0.05) is 9.85 Å². The number of hydrogen-bond donors (Lipinski definition) is 2. The Hall–Kier alpha value is -2.96. The number of tetrazole rings is 1. The number of benzene rings is 1. The number of aliphatic hydroxyl groups is 1. The highest BCUT2D eigenvalue weighted by atomic mass is 79.9. The summed E-state index contributed by atoms with van der Waals surface area (Å²) in [4.78, 5) is 30.1. The monoisotopic (exact) mass is 475 g/mol. The summed E-state index contributed by atoms with van der Waals surface area (Å²) in [5.41, 5.74) is 5.78. The number of aromatic nitrogens is 6. The largest absolute Gasteiger partial charge is 0.386 e. The lowest BCUT2D eigenvalue weighted by Crippen LogP contribution is -2.23. The smallest absolute Gasteiger partial charge is 0.263 e. The maximum absolute atomic E-state index is 12.7. The summed E-state index contributed by atoms with van der Waals surface area (Å²) in [7, 11) is 0. The van der Waals surface area contributed by atoms with E-state index in [4.69, 9.17) is 5.73 Å². The van der Waals surface area contributed by atoms with Crippen molar-refractivity contribution in [1.82, 2.24) is 29.8 Å². The highest BCUT2D eigenvalue weighted by molar-refractivity contribution is 9.10. The minimum atomic E-state index is -0.810. The van der Waals surface area contributed by atoms with Crippen molar-refractivity contribution in [3.63, 3.8) is 0 Å². The Morgan fingerprint density at radius 1 is 1.31 bits per heavy atom. The highest BCUT2D eigenvalue weighted by Crippen LogP contribution is 2.20. The van der Waals surface area contributed by atoms with Crippen LogP contribution < -0.4 is 11.3 Å². The molecule has 3 heterocycles. The molecule has 4 aromatic rings. The van der Waals surface area contributed by atoms with Crippen molar-refractivity contribution in [2.75, 3.05) is 0 Å². The number of carbonyl (C=O) groups excluding carboxylic acids is 1. The number of nitrogens with zero attached hydrogens (tertiary/aromatic N) is 6. The van der Waals surface area contributed by atoms with Gasteiger partial charge in [0.1, 0.15) is 10.9 Å². The quantitative estimate of drug-likeness (QED) is 0.424. The lowest BCUT2D eigenvalue weighted by atomic mass is 10.1. The minimum Gasteiger partial charge on any atom is -0.386 e. The average molecular weight is 476 g/mol. The van der Waals surface area contributed by atoms with E-state index in [-0.39, 0.29) is 29.9 Å². The molecule has 0 saturated heterocycles. The van der Waals surface area contributed by atoms with Crippen LogP contribution in [0.2, 0.25) is 0 Å². The third kappa shape index (κ3) is 3.95. The zero-order valence-corrected chi connectivity index (χ0v) is 17.2. The number of nitrogens with two attached hydrogens (primary N) is 1. The molecule has 148 valence electrons. The van der Waals surface area contributed by atoms with Crippen LogP contribution in [-0.2, 0) is 13.1 Å². The predicted molar refractivity (Wildman–Crippen MR) is 108 cm³/mol. The Morgan fingerprint density at radius 3 is 2.79 bits per heavy atom. The van der Waals surface area contributed by atoms with Gasteiger partial charge in [0.15, 0.2) is 5.82 Å². The summed E-state index contributed by atoms with van der Waals surface area (Å²) in [6.45, 7) is 0.126. The van der Waals surface area contributed by atoms with Gasteiger partial charge in [-0.15, -0.1) is 21.5 Å². The third-order valence-corrected chi connectivity index (χ3v) is 5.64. The molecule has 1 amide bonds.